The molecular weight excluding hydrogens is 256 g/mol. The van der Waals surface area contributed by atoms with E-state index < -0.39 is 8.32 Å². The molecule has 3 nitrogen and oxygen atoms in total. The van der Waals surface area contributed by atoms with Gasteiger partial charge in [-0.2, -0.15) is 0 Å². The molecule has 0 aliphatic carbocycles. The average Bonchev–Trinajstić information content (AvgIpc) is 2.33. The fourth-order valence-corrected chi connectivity index (χ4v) is 2.89. The Bertz CT molecular complexity index is 242. The summed E-state index contributed by atoms with van der Waals surface area (Å²) in [6.45, 7) is 14.0. The van der Waals surface area contributed by atoms with E-state index in [0.29, 0.717) is 5.04 Å². The lowest BCUT2D eigenvalue weighted by atomic mass is 10.2. The molecular formula is C15H32O3Si. The maximum absolute atomic E-state index is 6.14. The molecule has 0 saturated carbocycles. The summed E-state index contributed by atoms with van der Waals surface area (Å²) in [7, 11) is -1.56. The van der Waals surface area contributed by atoms with Crippen molar-refractivity contribution in [2.45, 2.75) is 77.3 Å². The molecule has 4 heteroatoms. The standard InChI is InChI=1S/C15H32O3Si/c1-15(2,3)19(4,5)18-13-9-8-12-17-14-10-6-7-11-16-14/h14H,6-13H2,1-5H3. The lowest BCUT2D eigenvalue weighted by molar-refractivity contribution is -0.162. The van der Waals surface area contributed by atoms with Gasteiger partial charge in [0.15, 0.2) is 14.6 Å². The second-order valence-electron chi connectivity index (χ2n) is 6.98. The fourth-order valence-electron chi connectivity index (χ4n) is 1.81. The van der Waals surface area contributed by atoms with Crippen LogP contribution in [-0.2, 0) is 13.9 Å². The Hall–Kier alpha value is 0.0969. The van der Waals surface area contributed by atoms with Crippen LogP contribution in [0.1, 0.15) is 52.9 Å². The number of unbranched alkanes of at least 4 members (excludes halogenated alkanes) is 1. The van der Waals surface area contributed by atoms with E-state index in [0.717, 1.165) is 39.1 Å². The molecule has 19 heavy (non-hydrogen) atoms. The van der Waals surface area contributed by atoms with Crippen LogP contribution in [0.25, 0.3) is 0 Å². The van der Waals surface area contributed by atoms with Gasteiger partial charge in [-0.25, -0.2) is 0 Å². The predicted octanol–water partition coefficient (Wildman–Crippen LogP) is 4.33. The minimum Gasteiger partial charge on any atom is -0.417 e. The van der Waals surface area contributed by atoms with Gasteiger partial charge in [-0.15, -0.1) is 0 Å². The molecule has 0 bridgehead atoms. The van der Waals surface area contributed by atoms with Crippen LogP contribution in [0.2, 0.25) is 18.1 Å². The van der Waals surface area contributed by atoms with Gasteiger partial charge in [-0.3, -0.25) is 0 Å². The smallest absolute Gasteiger partial charge is 0.191 e. The molecule has 1 aliphatic heterocycles. The normalized spacial score (nSPS) is 21.6. The molecule has 0 aromatic heterocycles. The summed E-state index contributed by atoms with van der Waals surface area (Å²) < 4.78 is 17.4. The number of ether oxygens (including phenoxy) is 2. The van der Waals surface area contributed by atoms with Crippen molar-refractivity contribution in [3.8, 4) is 0 Å². The molecule has 1 heterocycles. The van der Waals surface area contributed by atoms with Crippen molar-refractivity contribution in [3.63, 3.8) is 0 Å². The van der Waals surface area contributed by atoms with Crippen LogP contribution in [0.3, 0.4) is 0 Å². The van der Waals surface area contributed by atoms with E-state index in [9.17, 15) is 0 Å². The lowest BCUT2D eigenvalue weighted by Gasteiger charge is -2.36. The van der Waals surface area contributed by atoms with E-state index >= 15 is 0 Å². The minimum absolute atomic E-state index is 0.0510. The summed E-state index contributed by atoms with van der Waals surface area (Å²) >= 11 is 0. The van der Waals surface area contributed by atoms with Crippen molar-refractivity contribution < 1.29 is 13.9 Å². The highest BCUT2D eigenvalue weighted by Crippen LogP contribution is 2.36. The molecule has 114 valence electrons. The maximum atomic E-state index is 6.14. The van der Waals surface area contributed by atoms with Crippen molar-refractivity contribution >= 4 is 8.32 Å². The third-order valence-electron chi connectivity index (χ3n) is 4.25. The van der Waals surface area contributed by atoms with Gasteiger partial charge in [-0.1, -0.05) is 20.8 Å². The van der Waals surface area contributed by atoms with Gasteiger partial charge in [0.1, 0.15) is 0 Å². The molecule has 1 atom stereocenters. The number of rotatable bonds is 7. The second kappa shape index (κ2) is 7.77. The van der Waals surface area contributed by atoms with Crippen molar-refractivity contribution in [3.05, 3.63) is 0 Å². The maximum Gasteiger partial charge on any atom is 0.191 e. The first-order valence-electron chi connectivity index (χ1n) is 7.70. The summed E-state index contributed by atoms with van der Waals surface area (Å²) in [5, 5.41) is 0.305. The van der Waals surface area contributed by atoms with Gasteiger partial charge in [0.2, 0.25) is 0 Å². The summed E-state index contributed by atoms with van der Waals surface area (Å²) in [5.41, 5.74) is 0. The highest BCUT2D eigenvalue weighted by atomic mass is 28.4. The number of hydrogen-bond donors (Lipinski definition) is 0. The van der Waals surface area contributed by atoms with Gasteiger partial charge in [0.25, 0.3) is 0 Å². The zero-order chi connectivity index (χ0) is 14.4. The fraction of sp³-hybridized carbons (Fsp3) is 1.00. The number of hydrogen-bond acceptors (Lipinski definition) is 3. The Kier molecular flexibility index (Phi) is 7.01. The molecule has 0 amide bonds. The van der Waals surface area contributed by atoms with Gasteiger partial charge in [-0.05, 0) is 50.2 Å². The molecule has 1 saturated heterocycles. The largest absolute Gasteiger partial charge is 0.417 e. The Labute approximate surface area is 120 Å². The SMILES string of the molecule is CC(C)(C)[Si](C)(C)OCCCCOC1CCCCO1. The van der Waals surface area contributed by atoms with Crippen LogP contribution in [0.4, 0.5) is 0 Å². The van der Waals surface area contributed by atoms with E-state index in [-0.39, 0.29) is 6.29 Å². The van der Waals surface area contributed by atoms with Crippen LogP contribution in [0.15, 0.2) is 0 Å². The molecule has 1 unspecified atom stereocenters. The van der Waals surface area contributed by atoms with Gasteiger partial charge in [0, 0.05) is 19.8 Å². The van der Waals surface area contributed by atoms with E-state index in [1.165, 1.54) is 12.8 Å². The van der Waals surface area contributed by atoms with Crippen LogP contribution in [0.5, 0.6) is 0 Å². The predicted molar refractivity (Wildman–Crippen MR) is 81.9 cm³/mol. The Balaban J connectivity index is 2.02. The highest BCUT2D eigenvalue weighted by molar-refractivity contribution is 6.74. The van der Waals surface area contributed by atoms with Gasteiger partial charge < -0.3 is 13.9 Å². The molecule has 0 radical (unpaired) electrons. The summed E-state index contributed by atoms with van der Waals surface area (Å²) in [4.78, 5) is 0. The van der Waals surface area contributed by atoms with Crippen molar-refractivity contribution in [1.29, 1.82) is 0 Å². The van der Waals surface area contributed by atoms with Gasteiger partial charge >= 0.3 is 0 Å². The van der Waals surface area contributed by atoms with E-state index in [2.05, 4.69) is 33.9 Å². The van der Waals surface area contributed by atoms with Crippen LogP contribution in [-0.4, -0.2) is 34.4 Å². The molecule has 0 aromatic rings. The third kappa shape index (κ3) is 6.39. The zero-order valence-electron chi connectivity index (χ0n) is 13.5. The van der Waals surface area contributed by atoms with Crippen LogP contribution in [0, 0.1) is 0 Å². The van der Waals surface area contributed by atoms with Crippen molar-refractivity contribution in [2.24, 2.45) is 0 Å². The first-order valence-corrected chi connectivity index (χ1v) is 10.6. The van der Waals surface area contributed by atoms with Crippen LogP contribution >= 0.6 is 0 Å². The van der Waals surface area contributed by atoms with Gasteiger partial charge in [0.05, 0.1) is 0 Å². The summed E-state index contributed by atoms with van der Waals surface area (Å²) in [6, 6.07) is 0. The monoisotopic (exact) mass is 288 g/mol. The summed E-state index contributed by atoms with van der Waals surface area (Å²) in [5.74, 6) is 0. The van der Waals surface area contributed by atoms with Crippen molar-refractivity contribution in [2.75, 3.05) is 19.8 Å². The molecule has 1 rings (SSSR count). The Morgan fingerprint density at radius 3 is 2.37 bits per heavy atom. The minimum atomic E-state index is -1.56. The average molecular weight is 289 g/mol. The van der Waals surface area contributed by atoms with E-state index in [4.69, 9.17) is 13.9 Å². The van der Waals surface area contributed by atoms with Crippen molar-refractivity contribution in [1.82, 2.24) is 0 Å². The molecule has 1 aliphatic rings. The second-order valence-corrected chi connectivity index (χ2v) is 11.8. The Morgan fingerprint density at radius 1 is 1.11 bits per heavy atom. The van der Waals surface area contributed by atoms with E-state index in [1.807, 2.05) is 0 Å². The Morgan fingerprint density at radius 2 is 1.79 bits per heavy atom. The lowest BCUT2D eigenvalue weighted by Crippen LogP contribution is -2.41. The molecule has 1 fully saturated rings. The molecule has 0 aromatic carbocycles. The zero-order valence-corrected chi connectivity index (χ0v) is 14.5. The first kappa shape index (κ1) is 17.1. The van der Waals surface area contributed by atoms with E-state index in [1.54, 1.807) is 0 Å². The van der Waals surface area contributed by atoms with Crippen LogP contribution < -0.4 is 0 Å². The molecule has 0 N–H and O–H groups in total. The quantitative estimate of drug-likeness (QED) is 0.515. The molecule has 0 spiro atoms. The highest BCUT2D eigenvalue weighted by Gasteiger charge is 2.36. The summed E-state index contributed by atoms with van der Waals surface area (Å²) in [6.07, 6.45) is 5.67. The topological polar surface area (TPSA) is 27.7 Å². The third-order valence-corrected chi connectivity index (χ3v) is 8.79. The first-order chi connectivity index (χ1) is 8.83.